The number of rotatable bonds is 10. The Labute approximate surface area is 187 Å². The van der Waals surface area contributed by atoms with Crippen LogP contribution in [0.4, 0.5) is 0 Å². The smallest absolute Gasteiger partial charge is 0.261 e. The molecule has 0 aromatic heterocycles. The van der Waals surface area contributed by atoms with E-state index in [1.807, 2.05) is 13.0 Å². The molecule has 6 nitrogen and oxygen atoms in total. The number of methoxy groups -OCH3 is 1. The highest BCUT2D eigenvalue weighted by Crippen LogP contribution is 2.26. The summed E-state index contributed by atoms with van der Waals surface area (Å²) in [5.74, 6) is 0.398. The molecule has 1 atom stereocenters. The van der Waals surface area contributed by atoms with Crippen LogP contribution in [0.25, 0.3) is 0 Å². The Morgan fingerprint density at radius 2 is 1.80 bits per heavy atom. The van der Waals surface area contributed by atoms with E-state index in [1.54, 1.807) is 43.3 Å². The Morgan fingerprint density at radius 1 is 1.10 bits per heavy atom. The fourth-order valence-corrected chi connectivity index (χ4v) is 3.09. The van der Waals surface area contributed by atoms with Crippen LogP contribution < -0.4 is 14.8 Å². The molecule has 0 aliphatic heterocycles. The van der Waals surface area contributed by atoms with Gasteiger partial charge in [-0.15, -0.1) is 0 Å². The summed E-state index contributed by atoms with van der Waals surface area (Å²) in [5, 5.41) is 3.63. The first-order chi connectivity index (χ1) is 14.4. The molecule has 162 valence electrons. The third-order valence-electron chi connectivity index (χ3n) is 4.47. The van der Waals surface area contributed by atoms with E-state index in [-0.39, 0.29) is 25.0 Å². The first-order valence-electron chi connectivity index (χ1n) is 9.64. The summed E-state index contributed by atoms with van der Waals surface area (Å²) in [6.07, 6.45) is 0.802. The van der Waals surface area contributed by atoms with Crippen LogP contribution in [0.1, 0.15) is 25.8 Å². The van der Waals surface area contributed by atoms with Gasteiger partial charge in [-0.3, -0.25) is 9.59 Å². The zero-order valence-electron chi connectivity index (χ0n) is 17.3. The van der Waals surface area contributed by atoms with Gasteiger partial charge in [-0.2, -0.15) is 0 Å². The quantitative estimate of drug-likeness (QED) is 0.582. The minimum absolute atomic E-state index is 0.186. The van der Waals surface area contributed by atoms with E-state index < -0.39 is 6.04 Å². The second kappa shape index (κ2) is 11.7. The van der Waals surface area contributed by atoms with E-state index in [0.29, 0.717) is 28.1 Å². The van der Waals surface area contributed by atoms with Crippen molar-refractivity contribution >= 4 is 35.0 Å². The highest BCUT2D eigenvalue weighted by Gasteiger charge is 2.26. The van der Waals surface area contributed by atoms with Crippen molar-refractivity contribution in [2.24, 2.45) is 0 Å². The van der Waals surface area contributed by atoms with Gasteiger partial charge in [-0.05, 0) is 43.2 Å². The number of carbonyl (C=O) groups excluding carboxylic acids is 2. The van der Waals surface area contributed by atoms with Gasteiger partial charge in [-0.1, -0.05) is 48.3 Å². The van der Waals surface area contributed by atoms with Crippen molar-refractivity contribution in [2.45, 2.75) is 32.9 Å². The Hall–Kier alpha value is -2.44. The molecule has 2 rings (SSSR count). The number of nitrogens with zero attached hydrogens (tertiary/aromatic N) is 1. The Kier molecular flexibility index (Phi) is 9.27. The monoisotopic (exact) mass is 452 g/mol. The van der Waals surface area contributed by atoms with Crippen molar-refractivity contribution in [1.29, 1.82) is 0 Å². The van der Waals surface area contributed by atoms with E-state index >= 15 is 0 Å². The van der Waals surface area contributed by atoms with Crippen LogP contribution in [0.15, 0.2) is 42.5 Å². The molecule has 0 unspecified atom stereocenters. The molecule has 0 heterocycles. The number of hydrogen-bond donors (Lipinski definition) is 1. The van der Waals surface area contributed by atoms with Gasteiger partial charge in [-0.25, -0.2) is 0 Å². The maximum Gasteiger partial charge on any atom is 0.261 e. The maximum absolute atomic E-state index is 13.0. The highest BCUT2D eigenvalue weighted by molar-refractivity contribution is 6.42. The van der Waals surface area contributed by atoms with Crippen molar-refractivity contribution in [2.75, 3.05) is 20.3 Å². The fraction of sp³-hybridized carbons (Fsp3) is 0.364. The summed E-state index contributed by atoms with van der Waals surface area (Å²) in [5.41, 5.74) is 0.755. The highest BCUT2D eigenvalue weighted by atomic mass is 35.5. The standard InChI is InChI=1S/C22H26Cl2N2O4/c1-4-11-25-22(28)15(2)26(13-16-9-10-17(23)18(24)12-16)21(27)14-30-20-8-6-5-7-19(20)29-3/h5-10,12,15H,4,11,13-14H2,1-3H3,(H,25,28)/t15-/m1/s1. The van der Waals surface area contributed by atoms with Crippen LogP contribution in [0.3, 0.4) is 0 Å². The lowest BCUT2D eigenvalue weighted by molar-refractivity contribution is -0.142. The largest absolute Gasteiger partial charge is 0.493 e. The molecule has 1 N–H and O–H groups in total. The number of nitrogens with one attached hydrogen (secondary N) is 1. The molecule has 0 saturated carbocycles. The molecule has 2 amide bonds. The van der Waals surface area contributed by atoms with Crippen molar-refractivity contribution in [3.63, 3.8) is 0 Å². The third-order valence-corrected chi connectivity index (χ3v) is 5.21. The Morgan fingerprint density at radius 3 is 2.43 bits per heavy atom. The van der Waals surface area contributed by atoms with Crippen molar-refractivity contribution in [1.82, 2.24) is 10.2 Å². The maximum atomic E-state index is 13.0. The Bertz CT molecular complexity index is 876. The number of para-hydroxylation sites is 2. The lowest BCUT2D eigenvalue weighted by Gasteiger charge is -2.29. The minimum atomic E-state index is -0.695. The average molecular weight is 453 g/mol. The molecule has 2 aromatic rings. The minimum Gasteiger partial charge on any atom is -0.493 e. The van der Waals surface area contributed by atoms with Gasteiger partial charge in [0.2, 0.25) is 5.91 Å². The van der Waals surface area contributed by atoms with Gasteiger partial charge in [0, 0.05) is 13.1 Å². The number of carbonyl (C=O) groups is 2. The lowest BCUT2D eigenvalue weighted by atomic mass is 10.1. The number of amides is 2. The van der Waals surface area contributed by atoms with E-state index in [0.717, 1.165) is 12.0 Å². The molecular weight excluding hydrogens is 427 g/mol. The SMILES string of the molecule is CCCNC(=O)[C@@H](C)N(Cc1ccc(Cl)c(Cl)c1)C(=O)COc1ccccc1OC. The van der Waals surface area contributed by atoms with E-state index in [2.05, 4.69) is 5.32 Å². The molecule has 0 fully saturated rings. The second-order valence-electron chi connectivity index (χ2n) is 6.68. The number of halogens is 2. The summed E-state index contributed by atoms with van der Waals surface area (Å²) in [6, 6.07) is 11.5. The zero-order valence-corrected chi connectivity index (χ0v) is 18.8. The first-order valence-corrected chi connectivity index (χ1v) is 10.4. The lowest BCUT2D eigenvalue weighted by Crippen LogP contribution is -2.49. The van der Waals surface area contributed by atoms with Crippen molar-refractivity contribution < 1.29 is 19.1 Å². The molecule has 8 heteroatoms. The van der Waals surface area contributed by atoms with E-state index in [1.165, 1.54) is 12.0 Å². The van der Waals surface area contributed by atoms with Gasteiger partial charge in [0.1, 0.15) is 6.04 Å². The summed E-state index contributed by atoms with van der Waals surface area (Å²) in [6.45, 7) is 4.13. The predicted octanol–water partition coefficient (Wildman–Crippen LogP) is 4.32. The van der Waals surface area contributed by atoms with Crippen LogP contribution in [-0.4, -0.2) is 43.0 Å². The summed E-state index contributed by atoms with van der Waals surface area (Å²) in [7, 11) is 1.53. The molecule has 0 aliphatic rings. The van der Waals surface area contributed by atoms with Gasteiger partial charge < -0.3 is 19.7 Å². The summed E-state index contributed by atoms with van der Waals surface area (Å²) < 4.78 is 10.9. The molecular formula is C22H26Cl2N2O4. The third kappa shape index (κ3) is 6.54. The molecule has 0 radical (unpaired) electrons. The molecule has 0 aliphatic carbocycles. The van der Waals surface area contributed by atoms with Gasteiger partial charge in [0.25, 0.3) is 5.91 Å². The van der Waals surface area contributed by atoms with Gasteiger partial charge in [0.15, 0.2) is 18.1 Å². The van der Waals surface area contributed by atoms with E-state index in [4.69, 9.17) is 32.7 Å². The van der Waals surface area contributed by atoms with Gasteiger partial charge >= 0.3 is 0 Å². The van der Waals surface area contributed by atoms with Crippen LogP contribution in [0.5, 0.6) is 11.5 Å². The van der Waals surface area contributed by atoms with Crippen LogP contribution in [0.2, 0.25) is 10.0 Å². The average Bonchev–Trinajstić information content (AvgIpc) is 2.76. The normalized spacial score (nSPS) is 11.5. The Balaban J connectivity index is 2.19. The van der Waals surface area contributed by atoms with Crippen molar-refractivity contribution in [3.8, 4) is 11.5 Å². The van der Waals surface area contributed by atoms with E-state index in [9.17, 15) is 9.59 Å². The number of hydrogen-bond acceptors (Lipinski definition) is 4. The molecule has 2 aromatic carbocycles. The second-order valence-corrected chi connectivity index (χ2v) is 7.49. The predicted molar refractivity (Wildman–Crippen MR) is 118 cm³/mol. The van der Waals surface area contributed by atoms with Crippen LogP contribution in [0, 0.1) is 0 Å². The number of benzene rings is 2. The molecule has 30 heavy (non-hydrogen) atoms. The topological polar surface area (TPSA) is 67.9 Å². The molecule has 0 bridgehead atoms. The summed E-state index contributed by atoms with van der Waals surface area (Å²) in [4.78, 5) is 27.0. The first kappa shape index (κ1) is 23.8. The molecule has 0 saturated heterocycles. The van der Waals surface area contributed by atoms with Crippen LogP contribution in [-0.2, 0) is 16.1 Å². The van der Waals surface area contributed by atoms with Crippen LogP contribution >= 0.6 is 23.2 Å². The van der Waals surface area contributed by atoms with Gasteiger partial charge in [0.05, 0.1) is 17.2 Å². The zero-order chi connectivity index (χ0) is 22.1. The summed E-state index contributed by atoms with van der Waals surface area (Å²) >= 11 is 12.1. The number of ether oxygens (including phenoxy) is 2. The van der Waals surface area contributed by atoms with Crippen molar-refractivity contribution in [3.05, 3.63) is 58.1 Å². The fourth-order valence-electron chi connectivity index (χ4n) is 2.77. The molecule has 0 spiro atoms.